The van der Waals surface area contributed by atoms with Crippen LogP contribution in [0.15, 0.2) is 48.5 Å². The van der Waals surface area contributed by atoms with E-state index in [0.717, 1.165) is 11.1 Å². The van der Waals surface area contributed by atoms with Crippen molar-refractivity contribution in [3.8, 4) is 17.2 Å². The monoisotopic (exact) mass is 334 g/mol. The van der Waals surface area contributed by atoms with Gasteiger partial charge in [0.25, 0.3) is 0 Å². The maximum Gasteiger partial charge on any atom is 0.410 e. The van der Waals surface area contributed by atoms with E-state index in [1.54, 1.807) is 0 Å². The van der Waals surface area contributed by atoms with Crippen LogP contribution in [0, 0.1) is 11.3 Å². The van der Waals surface area contributed by atoms with Gasteiger partial charge in [0.05, 0.1) is 18.7 Å². The highest BCUT2D eigenvalue weighted by Gasteiger charge is 2.36. The molecule has 0 saturated carbocycles. The summed E-state index contributed by atoms with van der Waals surface area (Å²) in [6, 6.07) is 17.7. The van der Waals surface area contributed by atoms with Crippen LogP contribution >= 0.6 is 0 Å². The van der Waals surface area contributed by atoms with Crippen molar-refractivity contribution >= 4 is 6.09 Å². The Bertz CT molecular complexity index is 813. The van der Waals surface area contributed by atoms with Gasteiger partial charge in [0.2, 0.25) is 0 Å². The van der Waals surface area contributed by atoms with Crippen LogP contribution in [0.4, 0.5) is 4.79 Å². The molecule has 2 aliphatic rings. The maximum atomic E-state index is 12.4. The number of ether oxygens (including phenoxy) is 1. The quantitative estimate of drug-likeness (QED) is 0.916. The summed E-state index contributed by atoms with van der Waals surface area (Å²) in [4.78, 5) is 13.7. The van der Waals surface area contributed by atoms with E-state index in [0.29, 0.717) is 0 Å². The van der Waals surface area contributed by atoms with Crippen LogP contribution in [0.2, 0.25) is 0 Å². The molecule has 1 aliphatic heterocycles. The highest BCUT2D eigenvalue weighted by Crippen LogP contribution is 2.44. The van der Waals surface area contributed by atoms with E-state index in [-0.39, 0.29) is 25.5 Å². The van der Waals surface area contributed by atoms with Crippen molar-refractivity contribution in [2.24, 2.45) is 0 Å². The van der Waals surface area contributed by atoms with Crippen molar-refractivity contribution in [2.75, 3.05) is 13.2 Å². The molecule has 2 atom stereocenters. The molecule has 1 fully saturated rings. The summed E-state index contributed by atoms with van der Waals surface area (Å²) in [6.45, 7) is 0.368. The second kappa shape index (κ2) is 6.23. The number of nitrogens with zero attached hydrogens (tertiary/aromatic N) is 2. The lowest BCUT2D eigenvalue weighted by atomic mass is 9.98. The number of carbonyl (C=O) groups excluding carboxylic acids is 1. The van der Waals surface area contributed by atoms with E-state index in [1.807, 2.05) is 30.3 Å². The molecule has 1 heterocycles. The Balaban J connectivity index is 1.54. The molecule has 25 heavy (non-hydrogen) atoms. The predicted molar refractivity (Wildman–Crippen MR) is 91.8 cm³/mol. The Morgan fingerprint density at radius 2 is 1.76 bits per heavy atom. The van der Waals surface area contributed by atoms with Gasteiger partial charge in [-0.2, -0.15) is 5.26 Å². The van der Waals surface area contributed by atoms with Gasteiger partial charge in [0.15, 0.2) is 0 Å². The normalized spacial score (nSPS) is 21.5. The smallest absolute Gasteiger partial charge is 0.410 e. The lowest BCUT2D eigenvalue weighted by Gasteiger charge is -2.21. The number of aliphatic hydroxyl groups excluding tert-OH is 1. The molecule has 1 amide bonds. The average Bonchev–Trinajstić information content (AvgIpc) is 3.18. The van der Waals surface area contributed by atoms with Crippen molar-refractivity contribution in [1.29, 1.82) is 5.26 Å². The summed E-state index contributed by atoms with van der Waals surface area (Å²) >= 11 is 0. The molecule has 5 heteroatoms. The highest BCUT2D eigenvalue weighted by atomic mass is 16.6. The molecule has 1 aliphatic carbocycles. The Morgan fingerprint density at radius 1 is 1.16 bits per heavy atom. The molecular formula is C20H18N2O3. The van der Waals surface area contributed by atoms with Gasteiger partial charge in [-0.15, -0.1) is 0 Å². The summed E-state index contributed by atoms with van der Waals surface area (Å²) in [5.74, 6) is -0.00980. The second-order valence-corrected chi connectivity index (χ2v) is 6.49. The largest absolute Gasteiger partial charge is 0.448 e. The number of hydrogen-bond acceptors (Lipinski definition) is 4. The van der Waals surface area contributed by atoms with Crippen LogP contribution in [0.1, 0.15) is 23.5 Å². The van der Waals surface area contributed by atoms with Crippen LogP contribution in [-0.2, 0) is 4.74 Å². The van der Waals surface area contributed by atoms with Gasteiger partial charge >= 0.3 is 6.09 Å². The van der Waals surface area contributed by atoms with Gasteiger partial charge in [-0.3, -0.25) is 4.90 Å². The molecule has 0 unspecified atom stereocenters. The first-order valence-corrected chi connectivity index (χ1v) is 8.38. The van der Waals surface area contributed by atoms with Crippen molar-refractivity contribution < 1.29 is 14.6 Å². The summed E-state index contributed by atoms with van der Waals surface area (Å²) in [6.07, 6.45) is -0.921. The molecule has 2 aromatic rings. The zero-order valence-electron chi connectivity index (χ0n) is 13.6. The van der Waals surface area contributed by atoms with Gasteiger partial charge < -0.3 is 9.84 Å². The molecule has 0 aromatic heterocycles. The van der Waals surface area contributed by atoms with E-state index in [4.69, 9.17) is 10.00 Å². The van der Waals surface area contributed by atoms with Crippen molar-refractivity contribution in [3.63, 3.8) is 0 Å². The van der Waals surface area contributed by atoms with Gasteiger partial charge in [0, 0.05) is 12.3 Å². The number of β-amino-alcohol motifs (C(OH)–C–C–N with tert-alkyl or cyclic N) is 1. The first-order valence-electron chi connectivity index (χ1n) is 8.38. The fraction of sp³-hybridized carbons (Fsp3) is 0.300. The summed E-state index contributed by atoms with van der Waals surface area (Å²) in [5.41, 5.74) is 4.64. The minimum absolute atomic E-state index is 0.00980. The zero-order valence-corrected chi connectivity index (χ0v) is 13.6. The maximum absolute atomic E-state index is 12.4. The average molecular weight is 334 g/mol. The predicted octanol–water partition coefficient (Wildman–Crippen LogP) is 2.89. The summed E-state index contributed by atoms with van der Waals surface area (Å²) in [7, 11) is 0. The number of fused-ring (bicyclic) bond motifs is 3. The molecule has 0 bridgehead atoms. The summed E-state index contributed by atoms with van der Waals surface area (Å²) in [5, 5.41) is 18.8. The Hall–Kier alpha value is -2.84. The third-order valence-corrected chi connectivity index (χ3v) is 5.00. The number of rotatable bonds is 2. The number of aliphatic hydroxyl groups is 1. The number of benzene rings is 2. The lowest BCUT2D eigenvalue weighted by Crippen LogP contribution is -2.36. The van der Waals surface area contributed by atoms with E-state index in [9.17, 15) is 9.90 Å². The standard InChI is InChI=1S/C20H18N2O3/c21-10-13-9-14(23)11-22(13)20(24)25-12-19-17-7-3-1-5-15(17)16-6-2-4-8-18(16)19/h1-8,13-14,19,23H,9,11-12H2/t13-,14+/m0/s1. The Labute approximate surface area is 146 Å². The van der Waals surface area contributed by atoms with E-state index < -0.39 is 18.2 Å². The van der Waals surface area contributed by atoms with Crippen LogP contribution in [0.25, 0.3) is 11.1 Å². The molecule has 0 spiro atoms. The second-order valence-electron chi connectivity index (χ2n) is 6.49. The van der Waals surface area contributed by atoms with Gasteiger partial charge in [-0.1, -0.05) is 48.5 Å². The molecule has 1 saturated heterocycles. The molecule has 4 rings (SSSR count). The topological polar surface area (TPSA) is 73.6 Å². The van der Waals surface area contributed by atoms with E-state index in [1.165, 1.54) is 16.0 Å². The third kappa shape index (κ3) is 2.65. The minimum Gasteiger partial charge on any atom is -0.448 e. The van der Waals surface area contributed by atoms with Gasteiger partial charge in [-0.05, 0) is 22.3 Å². The van der Waals surface area contributed by atoms with Crippen LogP contribution in [0.5, 0.6) is 0 Å². The fourth-order valence-corrected chi connectivity index (χ4v) is 3.81. The SMILES string of the molecule is N#C[C@@H]1C[C@@H](O)CN1C(=O)OCC1c2ccccc2-c2ccccc21. The first-order chi connectivity index (χ1) is 12.2. The Morgan fingerprint density at radius 3 is 2.36 bits per heavy atom. The minimum atomic E-state index is -0.662. The highest BCUT2D eigenvalue weighted by molar-refractivity contribution is 5.79. The number of nitriles is 1. The van der Waals surface area contributed by atoms with Crippen LogP contribution < -0.4 is 0 Å². The molecule has 5 nitrogen and oxygen atoms in total. The molecule has 0 radical (unpaired) electrons. The molecule has 126 valence electrons. The molecular weight excluding hydrogens is 316 g/mol. The molecule has 2 aromatic carbocycles. The van der Waals surface area contributed by atoms with Crippen molar-refractivity contribution in [2.45, 2.75) is 24.5 Å². The van der Waals surface area contributed by atoms with Crippen LogP contribution in [-0.4, -0.2) is 41.4 Å². The van der Waals surface area contributed by atoms with Gasteiger partial charge in [-0.25, -0.2) is 4.79 Å². The van der Waals surface area contributed by atoms with E-state index >= 15 is 0 Å². The lowest BCUT2D eigenvalue weighted by molar-refractivity contribution is 0.0959. The van der Waals surface area contributed by atoms with E-state index in [2.05, 4.69) is 24.3 Å². The van der Waals surface area contributed by atoms with Crippen molar-refractivity contribution in [3.05, 3.63) is 59.7 Å². The number of amides is 1. The molecule has 1 N–H and O–H groups in total. The van der Waals surface area contributed by atoms with Crippen molar-refractivity contribution in [1.82, 2.24) is 4.90 Å². The first kappa shape index (κ1) is 15.7. The zero-order chi connectivity index (χ0) is 17.4. The number of likely N-dealkylation sites (tertiary alicyclic amines) is 1. The Kier molecular flexibility index (Phi) is 3.90. The third-order valence-electron chi connectivity index (χ3n) is 5.00. The van der Waals surface area contributed by atoms with Crippen LogP contribution in [0.3, 0.4) is 0 Å². The summed E-state index contributed by atoms with van der Waals surface area (Å²) < 4.78 is 5.53. The fourth-order valence-electron chi connectivity index (χ4n) is 3.81. The van der Waals surface area contributed by atoms with Gasteiger partial charge in [0.1, 0.15) is 12.6 Å². The number of carbonyl (C=O) groups is 1. The number of hydrogen-bond donors (Lipinski definition) is 1.